The van der Waals surface area contributed by atoms with E-state index in [1.54, 1.807) is 18.4 Å². The highest BCUT2D eigenvalue weighted by atomic mass is 32.1. The predicted octanol–water partition coefficient (Wildman–Crippen LogP) is 5.00. The van der Waals surface area contributed by atoms with Crippen molar-refractivity contribution in [3.8, 4) is 11.5 Å². The molecule has 0 saturated heterocycles. The van der Waals surface area contributed by atoms with Gasteiger partial charge in [0.15, 0.2) is 0 Å². The molecule has 3 aromatic rings. The number of methoxy groups -OCH3 is 1. The Morgan fingerprint density at radius 2 is 1.96 bits per heavy atom. The topological polar surface area (TPSA) is 34.1 Å². The Morgan fingerprint density at radius 3 is 2.73 bits per heavy atom. The van der Waals surface area contributed by atoms with Crippen LogP contribution in [0.5, 0.6) is 11.5 Å². The van der Waals surface area contributed by atoms with E-state index in [0.717, 1.165) is 29.2 Å². The fraction of sp³-hybridized carbons (Fsp3) is 0.190. The molecule has 3 heterocycles. The minimum atomic E-state index is -0.239. The van der Waals surface area contributed by atoms with Crippen molar-refractivity contribution in [2.75, 3.05) is 7.11 Å². The van der Waals surface area contributed by atoms with Gasteiger partial charge >= 0.3 is 0 Å². The molecule has 2 aliphatic heterocycles. The van der Waals surface area contributed by atoms with Gasteiger partial charge in [0.05, 0.1) is 18.9 Å². The fourth-order valence-corrected chi connectivity index (χ4v) is 4.29. The van der Waals surface area contributed by atoms with E-state index in [1.807, 2.05) is 36.4 Å². The van der Waals surface area contributed by atoms with Gasteiger partial charge in [0.2, 0.25) is 6.23 Å². The molecule has 0 saturated carbocycles. The standard InChI is InChI=1S/C21H18N2O2S/c1-24-16-8-6-14(7-9-16)21-23-19(17-4-2-3-5-20(17)25-21)12-18(22-23)15-10-11-26-13-15/h2-11,13,19,21H,12H2,1H3. The lowest BCUT2D eigenvalue weighted by Gasteiger charge is -2.38. The molecule has 2 atom stereocenters. The largest absolute Gasteiger partial charge is 0.497 e. The molecule has 0 spiro atoms. The van der Waals surface area contributed by atoms with Gasteiger partial charge in [-0.05, 0) is 47.2 Å². The van der Waals surface area contributed by atoms with E-state index in [1.165, 1.54) is 11.1 Å². The Labute approximate surface area is 156 Å². The third-order valence-corrected chi connectivity index (χ3v) is 5.64. The van der Waals surface area contributed by atoms with Crippen molar-refractivity contribution >= 4 is 17.0 Å². The van der Waals surface area contributed by atoms with Crippen LogP contribution in [-0.2, 0) is 0 Å². The van der Waals surface area contributed by atoms with E-state index < -0.39 is 0 Å². The molecule has 2 aliphatic rings. The molecular weight excluding hydrogens is 344 g/mol. The zero-order valence-electron chi connectivity index (χ0n) is 14.3. The first-order chi connectivity index (χ1) is 12.8. The van der Waals surface area contributed by atoms with Crippen molar-refractivity contribution in [3.05, 3.63) is 82.0 Å². The van der Waals surface area contributed by atoms with Crippen LogP contribution in [0, 0.1) is 0 Å². The maximum Gasteiger partial charge on any atom is 0.213 e. The lowest BCUT2D eigenvalue weighted by molar-refractivity contribution is -0.0190. The van der Waals surface area contributed by atoms with Crippen LogP contribution in [-0.4, -0.2) is 17.8 Å². The van der Waals surface area contributed by atoms with Gasteiger partial charge in [-0.2, -0.15) is 16.4 Å². The summed E-state index contributed by atoms with van der Waals surface area (Å²) in [6, 6.07) is 18.6. The molecule has 2 aromatic carbocycles. The lowest BCUT2D eigenvalue weighted by Crippen LogP contribution is -2.33. The number of para-hydroxylation sites is 1. The summed E-state index contributed by atoms with van der Waals surface area (Å²) < 4.78 is 11.6. The number of hydrogen-bond donors (Lipinski definition) is 0. The highest BCUT2D eigenvalue weighted by molar-refractivity contribution is 7.08. The molecule has 5 heteroatoms. The van der Waals surface area contributed by atoms with Crippen molar-refractivity contribution in [3.63, 3.8) is 0 Å². The van der Waals surface area contributed by atoms with E-state index in [4.69, 9.17) is 14.6 Å². The molecule has 26 heavy (non-hydrogen) atoms. The molecule has 5 rings (SSSR count). The van der Waals surface area contributed by atoms with Gasteiger partial charge in [-0.1, -0.05) is 18.2 Å². The van der Waals surface area contributed by atoms with Crippen molar-refractivity contribution in [2.45, 2.75) is 18.7 Å². The van der Waals surface area contributed by atoms with Crippen LogP contribution >= 0.6 is 11.3 Å². The third kappa shape index (κ3) is 2.47. The predicted molar refractivity (Wildman–Crippen MR) is 103 cm³/mol. The first-order valence-corrected chi connectivity index (χ1v) is 9.55. The average Bonchev–Trinajstić information content (AvgIpc) is 3.37. The summed E-state index contributed by atoms with van der Waals surface area (Å²) in [6.07, 6.45) is 0.654. The highest BCUT2D eigenvalue weighted by Crippen LogP contribution is 2.47. The minimum Gasteiger partial charge on any atom is -0.497 e. The normalized spacial score (nSPS) is 20.8. The van der Waals surface area contributed by atoms with Gasteiger partial charge in [-0.25, -0.2) is 5.01 Å². The summed E-state index contributed by atoms with van der Waals surface area (Å²) in [7, 11) is 1.68. The molecule has 1 aromatic heterocycles. The number of hydrazone groups is 1. The molecule has 0 aliphatic carbocycles. The van der Waals surface area contributed by atoms with Crippen LogP contribution in [0.2, 0.25) is 0 Å². The number of nitrogens with zero attached hydrogens (tertiary/aromatic N) is 2. The SMILES string of the molecule is COc1ccc(C2Oc3ccccc3C3CC(c4ccsc4)=NN32)cc1. The van der Waals surface area contributed by atoms with E-state index in [-0.39, 0.29) is 12.3 Å². The summed E-state index contributed by atoms with van der Waals surface area (Å²) in [5, 5.41) is 11.3. The number of hydrogen-bond acceptors (Lipinski definition) is 5. The van der Waals surface area contributed by atoms with Gasteiger partial charge in [0, 0.05) is 23.1 Å². The monoisotopic (exact) mass is 362 g/mol. The molecular formula is C21H18N2O2S. The van der Waals surface area contributed by atoms with Crippen molar-refractivity contribution in [1.29, 1.82) is 0 Å². The molecule has 0 radical (unpaired) electrons. The van der Waals surface area contributed by atoms with Crippen LogP contribution in [0.4, 0.5) is 0 Å². The van der Waals surface area contributed by atoms with Crippen LogP contribution in [0.1, 0.15) is 35.4 Å². The number of fused-ring (bicyclic) bond motifs is 3. The first kappa shape index (κ1) is 15.5. The summed E-state index contributed by atoms with van der Waals surface area (Å²) in [5.41, 5.74) is 4.59. The Hall–Kier alpha value is -2.79. The summed E-state index contributed by atoms with van der Waals surface area (Å²) in [4.78, 5) is 0. The van der Waals surface area contributed by atoms with Crippen LogP contribution in [0.3, 0.4) is 0 Å². The smallest absolute Gasteiger partial charge is 0.213 e. The van der Waals surface area contributed by atoms with Gasteiger partial charge in [-0.3, -0.25) is 0 Å². The Balaban J connectivity index is 1.58. The third-order valence-electron chi connectivity index (χ3n) is 4.95. The molecule has 2 unspecified atom stereocenters. The summed E-state index contributed by atoms with van der Waals surface area (Å²) >= 11 is 1.70. The number of thiophene rings is 1. The summed E-state index contributed by atoms with van der Waals surface area (Å²) in [6.45, 7) is 0. The van der Waals surface area contributed by atoms with Gasteiger partial charge in [0.25, 0.3) is 0 Å². The second kappa shape index (κ2) is 6.18. The van der Waals surface area contributed by atoms with Crippen LogP contribution in [0.15, 0.2) is 70.5 Å². The van der Waals surface area contributed by atoms with Crippen LogP contribution < -0.4 is 9.47 Å². The molecule has 4 nitrogen and oxygen atoms in total. The van der Waals surface area contributed by atoms with E-state index in [2.05, 4.69) is 34.0 Å². The maximum atomic E-state index is 6.35. The Kier molecular flexibility index (Phi) is 3.68. The Morgan fingerprint density at radius 1 is 1.12 bits per heavy atom. The van der Waals surface area contributed by atoms with Crippen molar-refractivity contribution in [1.82, 2.24) is 5.01 Å². The van der Waals surface area contributed by atoms with Gasteiger partial charge in [0.1, 0.15) is 11.5 Å². The quantitative estimate of drug-likeness (QED) is 0.658. The zero-order valence-corrected chi connectivity index (χ0v) is 15.1. The summed E-state index contributed by atoms with van der Waals surface area (Å²) in [5.74, 6) is 1.78. The maximum absolute atomic E-state index is 6.35. The molecule has 0 bridgehead atoms. The molecule has 0 amide bonds. The van der Waals surface area contributed by atoms with Crippen LogP contribution in [0.25, 0.3) is 0 Å². The van der Waals surface area contributed by atoms with E-state index in [0.29, 0.717) is 0 Å². The van der Waals surface area contributed by atoms with Crippen molar-refractivity contribution in [2.24, 2.45) is 5.10 Å². The fourth-order valence-electron chi connectivity index (χ4n) is 3.63. The van der Waals surface area contributed by atoms with Gasteiger partial charge in [-0.15, -0.1) is 0 Å². The molecule has 130 valence electrons. The second-order valence-electron chi connectivity index (χ2n) is 6.44. The number of rotatable bonds is 3. The minimum absolute atomic E-state index is 0.196. The highest BCUT2D eigenvalue weighted by Gasteiger charge is 2.40. The molecule has 0 fully saturated rings. The average molecular weight is 362 g/mol. The van der Waals surface area contributed by atoms with Crippen molar-refractivity contribution < 1.29 is 9.47 Å². The zero-order chi connectivity index (χ0) is 17.5. The van der Waals surface area contributed by atoms with E-state index in [9.17, 15) is 0 Å². The lowest BCUT2D eigenvalue weighted by atomic mass is 9.97. The van der Waals surface area contributed by atoms with Gasteiger partial charge < -0.3 is 9.47 Å². The number of ether oxygens (including phenoxy) is 2. The molecule has 0 N–H and O–H groups in total. The second-order valence-corrected chi connectivity index (χ2v) is 7.22. The first-order valence-electron chi connectivity index (χ1n) is 8.61. The van der Waals surface area contributed by atoms with E-state index >= 15 is 0 Å². The number of benzene rings is 2. The Bertz CT molecular complexity index is 950.